The van der Waals surface area contributed by atoms with Crippen molar-refractivity contribution in [2.75, 3.05) is 6.54 Å². The van der Waals surface area contributed by atoms with Crippen molar-refractivity contribution in [2.24, 2.45) is 0 Å². The highest BCUT2D eigenvalue weighted by atomic mass is 32.1. The third kappa shape index (κ3) is 3.70. The maximum Gasteiger partial charge on any atom is 0.0794 e. The summed E-state index contributed by atoms with van der Waals surface area (Å²) in [6.07, 6.45) is 2.14. The number of hydrogen-bond donors (Lipinski definition) is 1. The van der Waals surface area contributed by atoms with Crippen LogP contribution in [0.25, 0.3) is 0 Å². The van der Waals surface area contributed by atoms with E-state index in [9.17, 15) is 0 Å². The van der Waals surface area contributed by atoms with E-state index in [1.807, 2.05) is 5.51 Å². The lowest BCUT2D eigenvalue weighted by molar-refractivity contribution is 0.547. The molecule has 0 saturated carbocycles. The van der Waals surface area contributed by atoms with Crippen molar-refractivity contribution in [2.45, 2.75) is 25.8 Å². The standard InChI is InChI=1S/C12H16N2S2/c1-10(6-11-3-5-15-7-11)13-4-2-12-8-16-9-14-12/h3,5,7-10,13H,2,4,6H2,1H3. The molecule has 1 atom stereocenters. The van der Waals surface area contributed by atoms with Gasteiger partial charge in [0.1, 0.15) is 0 Å². The molecule has 16 heavy (non-hydrogen) atoms. The molecule has 0 bridgehead atoms. The Hall–Kier alpha value is -0.710. The fourth-order valence-electron chi connectivity index (χ4n) is 1.64. The average molecular weight is 252 g/mol. The van der Waals surface area contributed by atoms with Gasteiger partial charge in [-0.25, -0.2) is 4.98 Å². The van der Waals surface area contributed by atoms with E-state index in [-0.39, 0.29) is 0 Å². The number of aromatic nitrogens is 1. The highest BCUT2D eigenvalue weighted by Gasteiger charge is 2.03. The molecule has 1 unspecified atom stereocenters. The molecule has 2 aromatic rings. The smallest absolute Gasteiger partial charge is 0.0794 e. The van der Waals surface area contributed by atoms with Crippen LogP contribution < -0.4 is 5.32 Å². The fraction of sp³-hybridized carbons (Fsp3) is 0.417. The van der Waals surface area contributed by atoms with Crippen LogP contribution in [0, 0.1) is 0 Å². The number of hydrogen-bond acceptors (Lipinski definition) is 4. The second-order valence-corrected chi connectivity index (χ2v) is 5.42. The topological polar surface area (TPSA) is 24.9 Å². The van der Waals surface area contributed by atoms with E-state index in [4.69, 9.17) is 0 Å². The Bertz CT molecular complexity index is 381. The Kier molecular flexibility index (Phi) is 4.51. The van der Waals surface area contributed by atoms with Gasteiger partial charge in [-0.1, -0.05) is 0 Å². The molecule has 4 heteroatoms. The predicted octanol–water partition coefficient (Wildman–Crippen LogP) is 2.97. The SMILES string of the molecule is CC(Cc1ccsc1)NCCc1cscn1. The summed E-state index contributed by atoms with van der Waals surface area (Å²) >= 11 is 3.43. The van der Waals surface area contributed by atoms with Gasteiger partial charge in [0.15, 0.2) is 0 Å². The second kappa shape index (κ2) is 6.13. The number of nitrogens with zero attached hydrogens (tertiary/aromatic N) is 1. The quantitative estimate of drug-likeness (QED) is 0.855. The van der Waals surface area contributed by atoms with Gasteiger partial charge in [-0.15, -0.1) is 11.3 Å². The zero-order valence-corrected chi connectivity index (χ0v) is 11.0. The first-order valence-electron chi connectivity index (χ1n) is 5.46. The van der Waals surface area contributed by atoms with E-state index in [0.717, 1.165) is 19.4 Å². The van der Waals surface area contributed by atoms with Crippen molar-refractivity contribution in [1.82, 2.24) is 10.3 Å². The van der Waals surface area contributed by atoms with Crippen molar-refractivity contribution in [3.8, 4) is 0 Å². The molecule has 2 rings (SSSR count). The Morgan fingerprint density at radius 1 is 1.38 bits per heavy atom. The summed E-state index contributed by atoms with van der Waals surface area (Å²) in [5.74, 6) is 0. The molecule has 0 aliphatic carbocycles. The predicted molar refractivity (Wildman–Crippen MR) is 71.3 cm³/mol. The summed E-state index contributed by atoms with van der Waals surface area (Å²) in [6.45, 7) is 3.24. The van der Waals surface area contributed by atoms with Crippen molar-refractivity contribution in [1.29, 1.82) is 0 Å². The number of nitrogens with one attached hydrogen (secondary N) is 1. The molecule has 0 radical (unpaired) electrons. The van der Waals surface area contributed by atoms with Gasteiger partial charge in [-0.3, -0.25) is 0 Å². The second-order valence-electron chi connectivity index (χ2n) is 3.92. The Labute approximate surface area is 104 Å². The van der Waals surface area contributed by atoms with Gasteiger partial charge in [0, 0.05) is 24.4 Å². The Balaban J connectivity index is 1.66. The monoisotopic (exact) mass is 252 g/mol. The van der Waals surface area contributed by atoms with Crippen molar-refractivity contribution < 1.29 is 0 Å². The molecule has 0 saturated heterocycles. The molecule has 0 fully saturated rings. The maximum absolute atomic E-state index is 4.27. The van der Waals surface area contributed by atoms with Crippen LogP contribution in [0.2, 0.25) is 0 Å². The van der Waals surface area contributed by atoms with E-state index in [0.29, 0.717) is 6.04 Å². The van der Waals surface area contributed by atoms with Crippen molar-refractivity contribution in [3.05, 3.63) is 39.0 Å². The van der Waals surface area contributed by atoms with Gasteiger partial charge < -0.3 is 5.32 Å². The largest absolute Gasteiger partial charge is 0.314 e. The molecule has 0 aromatic carbocycles. The van der Waals surface area contributed by atoms with Gasteiger partial charge in [-0.2, -0.15) is 11.3 Å². The highest BCUT2D eigenvalue weighted by Crippen LogP contribution is 2.08. The first-order valence-corrected chi connectivity index (χ1v) is 7.34. The van der Waals surface area contributed by atoms with Gasteiger partial charge in [-0.05, 0) is 35.7 Å². The molecule has 0 amide bonds. The Morgan fingerprint density at radius 3 is 3.00 bits per heavy atom. The van der Waals surface area contributed by atoms with E-state index in [1.54, 1.807) is 22.7 Å². The molecule has 86 valence electrons. The molecular formula is C12H16N2S2. The molecular weight excluding hydrogens is 236 g/mol. The van der Waals surface area contributed by atoms with Crippen LogP contribution >= 0.6 is 22.7 Å². The van der Waals surface area contributed by atoms with Crippen molar-refractivity contribution >= 4 is 22.7 Å². The lowest BCUT2D eigenvalue weighted by Crippen LogP contribution is -2.29. The van der Waals surface area contributed by atoms with Crippen LogP contribution in [0.15, 0.2) is 27.7 Å². The molecule has 2 aromatic heterocycles. The summed E-state index contributed by atoms with van der Waals surface area (Å²) in [4.78, 5) is 4.27. The number of thiazole rings is 1. The van der Waals surface area contributed by atoms with Crippen LogP contribution in [-0.4, -0.2) is 17.6 Å². The minimum absolute atomic E-state index is 0.535. The fourth-order valence-corrected chi connectivity index (χ4v) is 2.92. The van der Waals surface area contributed by atoms with E-state index in [2.05, 4.69) is 39.4 Å². The summed E-state index contributed by atoms with van der Waals surface area (Å²) in [7, 11) is 0. The summed E-state index contributed by atoms with van der Waals surface area (Å²) in [5, 5.41) is 10.0. The minimum Gasteiger partial charge on any atom is -0.314 e. The Morgan fingerprint density at radius 2 is 2.31 bits per heavy atom. The summed E-state index contributed by atoms with van der Waals surface area (Å²) < 4.78 is 0. The number of rotatable bonds is 6. The maximum atomic E-state index is 4.27. The van der Waals surface area contributed by atoms with E-state index < -0.39 is 0 Å². The first-order chi connectivity index (χ1) is 7.84. The van der Waals surface area contributed by atoms with E-state index >= 15 is 0 Å². The molecule has 0 spiro atoms. The lowest BCUT2D eigenvalue weighted by atomic mass is 10.1. The summed E-state index contributed by atoms with van der Waals surface area (Å²) in [5.41, 5.74) is 4.52. The van der Waals surface area contributed by atoms with Gasteiger partial charge in [0.05, 0.1) is 11.2 Å². The van der Waals surface area contributed by atoms with E-state index in [1.165, 1.54) is 11.3 Å². The van der Waals surface area contributed by atoms with Crippen LogP contribution in [0.3, 0.4) is 0 Å². The molecule has 2 heterocycles. The average Bonchev–Trinajstić information content (AvgIpc) is 2.90. The molecule has 0 aliphatic rings. The van der Waals surface area contributed by atoms with Crippen molar-refractivity contribution in [3.63, 3.8) is 0 Å². The third-order valence-electron chi connectivity index (χ3n) is 2.48. The zero-order chi connectivity index (χ0) is 11.2. The molecule has 0 aliphatic heterocycles. The normalized spacial score (nSPS) is 12.8. The summed E-state index contributed by atoms with van der Waals surface area (Å²) in [6, 6.07) is 2.73. The van der Waals surface area contributed by atoms with Crippen LogP contribution in [0.4, 0.5) is 0 Å². The van der Waals surface area contributed by atoms with Gasteiger partial charge >= 0.3 is 0 Å². The van der Waals surface area contributed by atoms with Gasteiger partial charge in [0.2, 0.25) is 0 Å². The number of thiophene rings is 1. The zero-order valence-electron chi connectivity index (χ0n) is 9.35. The van der Waals surface area contributed by atoms with Gasteiger partial charge in [0.25, 0.3) is 0 Å². The van der Waals surface area contributed by atoms with Crippen LogP contribution in [-0.2, 0) is 12.8 Å². The minimum atomic E-state index is 0.535. The van der Waals surface area contributed by atoms with Crippen LogP contribution in [0.1, 0.15) is 18.2 Å². The molecule has 2 nitrogen and oxygen atoms in total. The molecule has 1 N–H and O–H groups in total. The van der Waals surface area contributed by atoms with Crippen LogP contribution in [0.5, 0.6) is 0 Å². The lowest BCUT2D eigenvalue weighted by Gasteiger charge is -2.12. The first kappa shape index (κ1) is 11.8. The highest BCUT2D eigenvalue weighted by molar-refractivity contribution is 7.08. The third-order valence-corrected chi connectivity index (χ3v) is 3.85.